The van der Waals surface area contributed by atoms with Gasteiger partial charge >= 0.3 is 5.97 Å². The average Bonchev–Trinajstić information content (AvgIpc) is 1.96. The molecule has 12 heavy (non-hydrogen) atoms. The fraction of sp³-hybridized carbons (Fsp3) is 0.714. The van der Waals surface area contributed by atoms with Gasteiger partial charge in [0.1, 0.15) is 17.9 Å². The van der Waals surface area contributed by atoms with Crippen LogP contribution in [0.4, 0.5) is 0 Å². The van der Waals surface area contributed by atoms with Crippen LogP contribution in [0.25, 0.3) is 0 Å². The molecule has 0 bridgehead atoms. The summed E-state index contributed by atoms with van der Waals surface area (Å²) in [5, 5.41) is 0. The van der Waals surface area contributed by atoms with Crippen molar-refractivity contribution < 1.29 is 19.4 Å². The molecule has 0 spiro atoms. The van der Waals surface area contributed by atoms with Crippen LogP contribution in [0, 0.1) is 0 Å². The normalized spacial score (nSPS) is 29.7. The van der Waals surface area contributed by atoms with Crippen LogP contribution in [-0.4, -0.2) is 23.9 Å². The van der Waals surface area contributed by atoms with E-state index in [9.17, 15) is 9.59 Å². The first-order valence-electron chi connectivity index (χ1n) is 3.72. The summed E-state index contributed by atoms with van der Waals surface area (Å²) < 4.78 is 0. The molecule has 0 aromatic heterocycles. The number of nitrogens with two attached hydrogens (primary N) is 1. The van der Waals surface area contributed by atoms with Gasteiger partial charge in [-0.05, 0) is 6.92 Å². The molecule has 2 atom stereocenters. The molecule has 0 aliphatic carbocycles. The second kappa shape index (κ2) is 3.64. The van der Waals surface area contributed by atoms with Crippen LogP contribution in [0.15, 0.2) is 0 Å². The lowest BCUT2D eigenvalue weighted by atomic mass is 10.1. The minimum Gasteiger partial charge on any atom is -0.318 e. The molecular weight excluding hydrogens is 162 g/mol. The van der Waals surface area contributed by atoms with Crippen molar-refractivity contribution in [2.75, 3.05) is 0 Å². The third-order valence-electron chi connectivity index (χ3n) is 1.60. The molecule has 1 heterocycles. The zero-order valence-electron chi connectivity index (χ0n) is 6.78. The highest BCUT2D eigenvalue weighted by Gasteiger charge is 2.29. The van der Waals surface area contributed by atoms with Crippen molar-refractivity contribution in [2.45, 2.75) is 31.9 Å². The monoisotopic (exact) mass is 173 g/mol. The third-order valence-corrected chi connectivity index (χ3v) is 1.60. The first-order valence-corrected chi connectivity index (χ1v) is 3.72. The third kappa shape index (κ3) is 2.28. The molecule has 0 radical (unpaired) electrons. The van der Waals surface area contributed by atoms with E-state index < -0.39 is 12.0 Å². The second-order valence-electron chi connectivity index (χ2n) is 2.87. The highest BCUT2D eigenvalue weighted by molar-refractivity contribution is 5.77. The van der Waals surface area contributed by atoms with Crippen LogP contribution in [-0.2, 0) is 19.4 Å². The van der Waals surface area contributed by atoms with Crippen LogP contribution >= 0.6 is 0 Å². The summed E-state index contributed by atoms with van der Waals surface area (Å²) >= 11 is 0. The van der Waals surface area contributed by atoms with Crippen molar-refractivity contribution >= 4 is 11.8 Å². The zero-order chi connectivity index (χ0) is 9.14. The minimum absolute atomic E-state index is 0.00912. The first-order chi connectivity index (χ1) is 5.59. The Morgan fingerprint density at radius 1 is 1.75 bits per heavy atom. The molecule has 2 N–H and O–H groups in total. The lowest BCUT2D eigenvalue weighted by Crippen LogP contribution is -2.42. The highest BCUT2D eigenvalue weighted by atomic mass is 17.2. The largest absolute Gasteiger partial charge is 0.358 e. The van der Waals surface area contributed by atoms with Gasteiger partial charge in [-0.25, -0.2) is 4.79 Å². The molecule has 1 aliphatic rings. The van der Waals surface area contributed by atoms with Gasteiger partial charge in [0, 0.05) is 12.8 Å². The van der Waals surface area contributed by atoms with E-state index in [1.54, 1.807) is 0 Å². The van der Waals surface area contributed by atoms with Gasteiger partial charge in [0.25, 0.3) is 0 Å². The molecule has 5 nitrogen and oxygen atoms in total. The standard InChI is InChI=1S/C7H11NO4/c1-4(9)2-5-3-6(8)7(10)12-11-5/h5-6H,2-3,8H2,1H3. The smallest absolute Gasteiger partial charge is 0.318 e. The van der Waals surface area contributed by atoms with Crippen molar-refractivity contribution in [3.05, 3.63) is 0 Å². The Bertz CT molecular complexity index is 204. The van der Waals surface area contributed by atoms with Crippen molar-refractivity contribution in [3.8, 4) is 0 Å². The SMILES string of the molecule is CC(=O)CC1CC(N)C(=O)OO1. The molecule has 5 heteroatoms. The number of hydrogen-bond acceptors (Lipinski definition) is 5. The molecule has 0 amide bonds. The summed E-state index contributed by atoms with van der Waals surface area (Å²) in [6, 6.07) is -0.664. The fourth-order valence-electron chi connectivity index (χ4n) is 1.03. The van der Waals surface area contributed by atoms with Gasteiger partial charge in [0.15, 0.2) is 0 Å². The van der Waals surface area contributed by atoms with Crippen LogP contribution < -0.4 is 5.73 Å². The Labute approximate surface area is 69.7 Å². The molecule has 68 valence electrons. The van der Waals surface area contributed by atoms with Crippen LogP contribution in [0.1, 0.15) is 19.8 Å². The molecule has 1 aliphatic heterocycles. The quantitative estimate of drug-likeness (QED) is 0.571. The van der Waals surface area contributed by atoms with Crippen LogP contribution in [0.5, 0.6) is 0 Å². The number of Topliss-reactive ketones (excluding diaryl/α,β-unsaturated/α-hetero) is 1. The van der Waals surface area contributed by atoms with Gasteiger partial charge in [-0.1, -0.05) is 0 Å². The van der Waals surface area contributed by atoms with Crippen molar-refractivity contribution in [2.24, 2.45) is 5.73 Å². The number of carbonyl (C=O) groups is 2. The van der Waals surface area contributed by atoms with Gasteiger partial charge in [-0.3, -0.25) is 9.68 Å². The van der Waals surface area contributed by atoms with E-state index in [1.807, 2.05) is 0 Å². The molecular formula is C7H11NO4. The van der Waals surface area contributed by atoms with E-state index in [0.29, 0.717) is 6.42 Å². The van der Waals surface area contributed by atoms with Crippen molar-refractivity contribution in [1.82, 2.24) is 0 Å². The van der Waals surface area contributed by atoms with Crippen molar-refractivity contribution in [1.29, 1.82) is 0 Å². The van der Waals surface area contributed by atoms with Gasteiger partial charge in [-0.15, -0.1) is 0 Å². The summed E-state index contributed by atoms with van der Waals surface area (Å²) in [4.78, 5) is 30.2. The minimum atomic E-state index is -0.664. The Kier molecular flexibility index (Phi) is 2.78. The van der Waals surface area contributed by atoms with E-state index in [1.165, 1.54) is 6.92 Å². The Morgan fingerprint density at radius 3 is 2.92 bits per heavy atom. The zero-order valence-corrected chi connectivity index (χ0v) is 6.78. The van der Waals surface area contributed by atoms with E-state index in [-0.39, 0.29) is 18.3 Å². The van der Waals surface area contributed by atoms with Gasteiger partial charge in [0.05, 0.1) is 0 Å². The number of ketones is 1. The lowest BCUT2D eigenvalue weighted by Gasteiger charge is -2.23. The maximum Gasteiger partial charge on any atom is 0.358 e. The van der Waals surface area contributed by atoms with Gasteiger partial charge in [-0.2, -0.15) is 4.89 Å². The van der Waals surface area contributed by atoms with Crippen LogP contribution in [0.3, 0.4) is 0 Å². The molecule has 1 rings (SSSR count). The number of hydrogen-bond donors (Lipinski definition) is 1. The molecule has 1 saturated heterocycles. The van der Waals surface area contributed by atoms with E-state index >= 15 is 0 Å². The van der Waals surface area contributed by atoms with Crippen LogP contribution in [0.2, 0.25) is 0 Å². The summed E-state index contributed by atoms with van der Waals surface area (Å²) in [5.74, 6) is -0.583. The van der Waals surface area contributed by atoms with E-state index in [2.05, 4.69) is 9.78 Å². The summed E-state index contributed by atoms with van der Waals surface area (Å²) in [6.07, 6.45) is 0.203. The maximum absolute atomic E-state index is 10.7. The number of rotatable bonds is 2. The maximum atomic E-state index is 10.7. The predicted octanol–water partition coefficient (Wildman–Crippen LogP) is -0.460. The number of carbonyl (C=O) groups excluding carboxylic acids is 2. The Balaban J connectivity index is 2.40. The lowest BCUT2D eigenvalue weighted by molar-refractivity contribution is -0.314. The molecule has 0 aromatic rings. The molecule has 0 aromatic carbocycles. The fourth-order valence-corrected chi connectivity index (χ4v) is 1.03. The Hall–Kier alpha value is -0.940. The van der Waals surface area contributed by atoms with E-state index in [4.69, 9.17) is 5.73 Å². The molecule has 0 saturated carbocycles. The molecule has 1 fully saturated rings. The summed E-state index contributed by atoms with van der Waals surface area (Å²) in [6.45, 7) is 1.45. The highest BCUT2D eigenvalue weighted by Crippen LogP contribution is 2.14. The summed E-state index contributed by atoms with van der Waals surface area (Å²) in [5.41, 5.74) is 5.38. The predicted molar refractivity (Wildman–Crippen MR) is 38.9 cm³/mol. The van der Waals surface area contributed by atoms with Crippen molar-refractivity contribution in [3.63, 3.8) is 0 Å². The average molecular weight is 173 g/mol. The van der Waals surface area contributed by atoms with Gasteiger partial charge < -0.3 is 5.73 Å². The second-order valence-corrected chi connectivity index (χ2v) is 2.87. The topological polar surface area (TPSA) is 78.6 Å². The molecule has 2 unspecified atom stereocenters. The first kappa shape index (κ1) is 9.15. The summed E-state index contributed by atoms with van der Waals surface area (Å²) in [7, 11) is 0. The van der Waals surface area contributed by atoms with Gasteiger partial charge in [0.2, 0.25) is 0 Å². The Morgan fingerprint density at radius 2 is 2.42 bits per heavy atom. The van der Waals surface area contributed by atoms with E-state index in [0.717, 1.165) is 0 Å².